The molecule has 1 aliphatic carbocycles. The van der Waals surface area contributed by atoms with Gasteiger partial charge in [0.25, 0.3) is 0 Å². The summed E-state index contributed by atoms with van der Waals surface area (Å²) in [5.74, 6) is 0.999. The van der Waals surface area contributed by atoms with Crippen LogP contribution in [-0.4, -0.2) is 59.6 Å². The minimum absolute atomic E-state index is 0.200. The molecule has 1 aliphatic heterocycles. The smallest absolute Gasteiger partial charge is 0.317 e. The van der Waals surface area contributed by atoms with Crippen molar-refractivity contribution in [3.8, 4) is 0 Å². The second kappa shape index (κ2) is 6.02. The Balaban J connectivity index is 1.77. The molecule has 1 N–H and O–H groups in total. The minimum atomic E-state index is -0.705. The van der Waals surface area contributed by atoms with Gasteiger partial charge in [0.2, 0.25) is 0 Å². The van der Waals surface area contributed by atoms with Gasteiger partial charge in [-0.1, -0.05) is 13.8 Å². The van der Waals surface area contributed by atoms with Crippen molar-refractivity contribution in [1.29, 1.82) is 0 Å². The summed E-state index contributed by atoms with van der Waals surface area (Å²) in [5.41, 5.74) is 0. The molecule has 2 aliphatic rings. The Bertz CT molecular complexity index is 288. The summed E-state index contributed by atoms with van der Waals surface area (Å²) in [7, 11) is 0. The third kappa shape index (κ3) is 3.45. The van der Waals surface area contributed by atoms with E-state index in [0.29, 0.717) is 0 Å². The van der Waals surface area contributed by atoms with Crippen molar-refractivity contribution in [1.82, 2.24) is 9.80 Å². The number of hydrogen-bond donors (Lipinski definition) is 1. The number of hydrogen-bond acceptors (Lipinski definition) is 3. The summed E-state index contributed by atoms with van der Waals surface area (Å²) in [6, 6.07) is 0.739. The maximum absolute atomic E-state index is 10.7. The van der Waals surface area contributed by atoms with Crippen molar-refractivity contribution in [2.45, 2.75) is 39.2 Å². The summed E-state index contributed by atoms with van der Waals surface area (Å²) in [5, 5.41) is 8.79. The fraction of sp³-hybridized carbons (Fsp3) is 0.929. The van der Waals surface area contributed by atoms with Gasteiger partial charge in [-0.2, -0.15) is 0 Å². The van der Waals surface area contributed by atoms with E-state index in [0.717, 1.165) is 44.1 Å². The fourth-order valence-corrected chi connectivity index (χ4v) is 3.33. The molecule has 4 nitrogen and oxygen atoms in total. The number of carboxylic acids is 1. The molecule has 0 spiro atoms. The lowest BCUT2D eigenvalue weighted by atomic mass is 9.78. The molecule has 0 radical (unpaired) electrons. The number of aliphatic carboxylic acids is 1. The van der Waals surface area contributed by atoms with Crippen LogP contribution in [0, 0.1) is 11.8 Å². The predicted molar refractivity (Wildman–Crippen MR) is 71.6 cm³/mol. The van der Waals surface area contributed by atoms with E-state index in [4.69, 9.17) is 5.11 Å². The second-order valence-corrected chi connectivity index (χ2v) is 6.13. The molecule has 0 aromatic rings. The number of carbonyl (C=O) groups is 1. The van der Waals surface area contributed by atoms with Gasteiger partial charge in [-0.25, -0.2) is 0 Å². The van der Waals surface area contributed by atoms with E-state index in [9.17, 15) is 4.79 Å². The lowest BCUT2D eigenvalue weighted by Gasteiger charge is -2.43. The molecule has 1 saturated carbocycles. The fourth-order valence-electron chi connectivity index (χ4n) is 3.33. The zero-order valence-electron chi connectivity index (χ0n) is 11.6. The topological polar surface area (TPSA) is 43.8 Å². The summed E-state index contributed by atoms with van der Waals surface area (Å²) in [4.78, 5) is 15.3. The average molecular weight is 254 g/mol. The van der Waals surface area contributed by atoms with Gasteiger partial charge < -0.3 is 5.11 Å². The van der Waals surface area contributed by atoms with Crippen LogP contribution in [0.3, 0.4) is 0 Å². The highest BCUT2D eigenvalue weighted by Crippen LogP contribution is 2.32. The van der Waals surface area contributed by atoms with Gasteiger partial charge in [-0.3, -0.25) is 14.6 Å². The molecule has 0 bridgehead atoms. The molecule has 4 heteroatoms. The first-order chi connectivity index (χ1) is 8.56. The van der Waals surface area contributed by atoms with E-state index < -0.39 is 5.97 Å². The largest absolute Gasteiger partial charge is 0.480 e. The highest BCUT2D eigenvalue weighted by atomic mass is 16.4. The molecule has 18 heavy (non-hydrogen) atoms. The van der Waals surface area contributed by atoms with Crippen LogP contribution in [0.15, 0.2) is 0 Å². The van der Waals surface area contributed by atoms with E-state index in [-0.39, 0.29) is 6.54 Å². The van der Waals surface area contributed by atoms with E-state index in [1.807, 2.05) is 4.90 Å². The lowest BCUT2D eigenvalue weighted by molar-refractivity contribution is -0.138. The standard InChI is InChI=1S/C14H26N2O2/c1-11-3-4-13(9-12(11)2)16-7-5-15(6-8-16)10-14(17)18/h11-13H,3-10H2,1-2H3,(H,17,18). The number of carboxylic acid groups (broad SMARTS) is 1. The Kier molecular flexibility index (Phi) is 4.62. The normalized spacial score (nSPS) is 35.6. The van der Waals surface area contributed by atoms with Gasteiger partial charge >= 0.3 is 5.97 Å². The van der Waals surface area contributed by atoms with Crippen LogP contribution in [0.25, 0.3) is 0 Å². The van der Waals surface area contributed by atoms with E-state index in [2.05, 4.69) is 18.7 Å². The molecule has 0 amide bonds. The number of rotatable bonds is 3. The molecule has 2 rings (SSSR count). The Labute approximate surface area is 110 Å². The van der Waals surface area contributed by atoms with Crippen LogP contribution in [0.4, 0.5) is 0 Å². The third-order valence-electron chi connectivity index (χ3n) is 4.85. The highest BCUT2D eigenvalue weighted by Gasteiger charge is 2.30. The van der Waals surface area contributed by atoms with Gasteiger partial charge in [-0.05, 0) is 31.1 Å². The van der Waals surface area contributed by atoms with Gasteiger partial charge in [0, 0.05) is 32.2 Å². The van der Waals surface area contributed by atoms with E-state index in [1.165, 1.54) is 19.3 Å². The summed E-state index contributed by atoms with van der Waals surface area (Å²) in [6.07, 6.45) is 3.99. The average Bonchev–Trinajstić information content (AvgIpc) is 2.33. The van der Waals surface area contributed by atoms with Gasteiger partial charge in [0.05, 0.1) is 6.54 Å². The lowest BCUT2D eigenvalue weighted by Crippen LogP contribution is -2.52. The second-order valence-electron chi connectivity index (χ2n) is 6.13. The molecule has 2 fully saturated rings. The number of piperazine rings is 1. The third-order valence-corrected chi connectivity index (χ3v) is 4.85. The summed E-state index contributed by atoms with van der Waals surface area (Å²) in [6.45, 7) is 8.84. The molecule has 0 aromatic carbocycles. The number of nitrogens with zero attached hydrogens (tertiary/aromatic N) is 2. The van der Waals surface area contributed by atoms with E-state index >= 15 is 0 Å². The molecule has 104 valence electrons. The Hall–Kier alpha value is -0.610. The van der Waals surface area contributed by atoms with Crippen molar-refractivity contribution in [3.05, 3.63) is 0 Å². The first-order valence-electron chi connectivity index (χ1n) is 7.24. The van der Waals surface area contributed by atoms with Gasteiger partial charge in [0.15, 0.2) is 0 Å². The van der Waals surface area contributed by atoms with Gasteiger partial charge in [-0.15, -0.1) is 0 Å². The Morgan fingerprint density at radius 2 is 1.78 bits per heavy atom. The zero-order chi connectivity index (χ0) is 13.1. The van der Waals surface area contributed by atoms with Crippen molar-refractivity contribution >= 4 is 5.97 Å². The van der Waals surface area contributed by atoms with Crippen LogP contribution >= 0.6 is 0 Å². The zero-order valence-corrected chi connectivity index (χ0v) is 11.6. The first-order valence-corrected chi connectivity index (χ1v) is 7.24. The molecule has 0 aromatic heterocycles. The van der Waals surface area contributed by atoms with Crippen LogP contribution in [0.5, 0.6) is 0 Å². The molecular weight excluding hydrogens is 228 g/mol. The maximum Gasteiger partial charge on any atom is 0.317 e. The Morgan fingerprint density at radius 1 is 1.11 bits per heavy atom. The van der Waals surface area contributed by atoms with Crippen molar-refractivity contribution in [2.75, 3.05) is 32.7 Å². The van der Waals surface area contributed by atoms with Crippen LogP contribution < -0.4 is 0 Å². The van der Waals surface area contributed by atoms with Crippen LogP contribution in [-0.2, 0) is 4.79 Å². The quantitative estimate of drug-likeness (QED) is 0.829. The minimum Gasteiger partial charge on any atom is -0.480 e. The predicted octanol–water partition coefficient (Wildman–Crippen LogP) is 1.51. The summed E-state index contributed by atoms with van der Waals surface area (Å²) < 4.78 is 0. The van der Waals surface area contributed by atoms with Crippen LogP contribution in [0.1, 0.15) is 33.1 Å². The maximum atomic E-state index is 10.7. The van der Waals surface area contributed by atoms with E-state index in [1.54, 1.807) is 0 Å². The highest BCUT2D eigenvalue weighted by molar-refractivity contribution is 5.69. The van der Waals surface area contributed by atoms with Crippen molar-refractivity contribution in [3.63, 3.8) is 0 Å². The first kappa shape index (κ1) is 13.8. The molecule has 1 heterocycles. The molecule has 1 saturated heterocycles. The van der Waals surface area contributed by atoms with Crippen LogP contribution in [0.2, 0.25) is 0 Å². The molecule has 3 atom stereocenters. The Morgan fingerprint density at radius 3 is 2.33 bits per heavy atom. The monoisotopic (exact) mass is 254 g/mol. The van der Waals surface area contributed by atoms with Crippen molar-refractivity contribution < 1.29 is 9.90 Å². The molecular formula is C14H26N2O2. The molecule has 3 unspecified atom stereocenters. The summed E-state index contributed by atoms with van der Waals surface area (Å²) >= 11 is 0. The van der Waals surface area contributed by atoms with Gasteiger partial charge in [0.1, 0.15) is 0 Å². The SMILES string of the molecule is CC1CCC(N2CCN(CC(=O)O)CC2)CC1C. The van der Waals surface area contributed by atoms with Crippen molar-refractivity contribution in [2.24, 2.45) is 11.8 Å².